The summed E-state index contributed by atoms with van der Waals surface area (Å²) in [5.41, 5.74) is 0.523. The largest absolute Gasteiger partial charge is 0.378 e. The van der Waals surface area contributed by atoms with Gasteiger partial charge in [0.2, 0.25) is 10.0 Å². The molecule has 0 aliphatic carbocycles. The molecule has 20 heavy (non-hydrogen) atoms. The van der Waals surface area contributed by atoms with E-state index in [1.807, 2.05) is 0 Å². The van der Waals surface area contributed by atoms with Crippen molar-refractivity contribution in [2.24, 2.45) is 0 Å². The predicted octanol–water partition coefficient (Wildman–Crippen LogP) is 1.86. The highest BCUT2D eigenvalue weighted by atomic mass is 32.2. The number of sulfonamides is 1. The zero-order valence-electron chi connectivity index (χ0n) is 11.3. The number of hydrogen-bond donors (Lipinski definition) is 1. The number of halogens is 1. The molecule has 1 heterocycles. The van der Waals surface area contributed by atoms with Crippen LogP contribution in [0, 0.1) is 5.82 Å². The summed E-state index contributed by atoms with van der Waals surface area (Å²) in [7, 11) is -3.30. The molecule has 0 spiro atoms. The van der Waals surface area contributed by atoms with Crippen molar-refractivity contribution in [3.63, 3.8) is 0 Å². The van der Waals surface area contributed by atoms with Crippen LogP contribution in [0.4, 0.5) is 4.39 Å². The second-order valence-electron chi connectivity index (χ2n) is 4.98. The van der Waals surface area contributed by atoms with E-state index in [0.717, 1.165) is 19.4 Å². The molecule has 0 amide bonds. The Balaban J connectivity index is 1.73. The van der Waals surface area contributed by atoms with Crippen LogP contribution in [0.2, 0.25) is 0 Å². The zero-order valence-corrected chi connectivity index (χ0v) is 12.2. The lowest BCUT2D eigenvalue weighted by molar-refractivity contribution is 0.109. The fraction of sp³-hybridized carbons (Fsp3) is 0.571. The quantitative estimate of drug-likeness (QED) is 0.836. The average molecular weight is 301 g/mol. The molecule has 2 rings (SSSR count). The maximum Gasteiger partial charge on any atom is 0.211 e. The van der Waals surface area contributed by atoms with E-state index in [1.54, 1.807) is 18.2 Å². The monoisotopic (exact) mass is 301 g/mol. The molecule has 1 aromatic carbocycles. The van der Waals surface area contributed by atoms with Gasteiger partial charge in [0.05, 0.1) is 11.9 Å². The summed E-state index contributed by atoms with van der Waals surface area (Å²) in [6.07, 6.45) is 2.88. The summed E-state index contributed by atoms with van der Waals surface area (Å²) in [5, 5.41) is 0. The Morgan fingerprint density at radius 1 is 1.35 bits per heavy atom. The molecule has 6 heteroatoms. The van der Waals surface area contributed by atoms with Crippen LogP contribution in [0.3, 0.4) is 0 Å². The van der Waals surface area contributed by atoms with Crippen molar-refractivity contribution >= 4 is 10.0 Å². The van der Waals surface area contributed by atoms with Crippen LogP contribution in [0.25, 0.3) is 0 Å². The van der Waals surface area contributed by atoms with Crippen molar-refractivity contribution in [1.82, 2.24) is 4.72 Å². The van der Waals surface area contributed by atoms with Crippen LogP contribution in [0.5, 0.6) is 0 Å². The highest BCUT2D eigenvalue weighted by molar-refractivity contribution is 7.89. The molecule has 0 saturated carbocycles. The third-order valence-electron chi connectivity index (χ3n) is 3.41. The first-order chi connectivity index (χ1) is 9.57. The smallest absolute Gasteiger partial charge is 0.211 e. The van der Waals surface area contributed by atoms with Gasteiger partial charge in [-0.15, -0.1) is 0 Å². The summed E-state index contributed by atoms with van der Waals surface area (Å²) >= 11 is 0. The van der Waals surface area contributed by atoms with Crippen LogP contribution in [-0.2, 0) is 21.2 Å². The molecule has 1 aliphatic heterocycles. The Kier molecular flexibility index (Phi) is 5.51. The summed E-state index contributed by atoms with van der Waals surface area (Å²) in [6, 6.07) is 6.40. The molecular formula is C14H20FNO3S. The first kappa shape index (κ1) is 15.4. The van der Waals surface area contributed by atoms with Crippen molar-refractivity contribution < 1.29 is 17.5 Å². The fourth-order valence-corrected chi connectivity index (χ4v) is 3.40. The summed E-state index contributed by atoms with van der Waals surface area (Å²) in [4.78, 5) is 0. The van der Waals surface area contributed by atoms with Gasteiger partial charge in [0, 0.05) is 13.2 Å². The Bertz CT molecular complexity index is 527. The lowest BCUT2D eigenvalue weighted by Gasteiger charge is -2.10. The molecule has 1 N–H and O–H groups in total. The molecule has 1 saturated heterocycles. The third-order valence-corrected chi connectivity index (χ3v) is 4.82. The Morgan fingerprint density at radius 2 is 2.15 bits per heavy atom. The molecule has 4 nitrogen and oxygen atoms in total. The highest BCUT2D eigenvalue weighted by Crippen LogP contribution is 2.15. The topological polar surface area (TPSA) is 55.4 Å². The molecule has 1 unspecified atom stereocenters. The van der Waals surface area contributed by atoms with E-state index in [1.165, 1.54) is 6.07 Å². The van der Waals surface area contributed by atoms with Crippen LogP contribution in [0.15, 0.2) is 24.3 Å². The van der Waals surface area contributed by atoms with E-state index < -0.39 is 10.0 Å². The van der Waals surface area contributed by atoms with Crippen molar-refractivity contribution in [3.05, 3.63) is 35.6 Å². The van der Waals surface area contributed by atoms with E-state index in [4.69, 9.17) is 4.74 Å². The molecule has 1 fully saturated rings. The van der Waals surface area contributed by atoms with Gasteiger partial charge >= 0.3 is 0 Å². The molecule has 1 atom stereocenters. The Morgan fingerprint density at radius 3 is 2.85 bits per heavy atom. The second-order valence-corrected chi connectivity index (χ2v) is 6.90. The first-order valence-corrected chi connectivity index (χ1v) is 8.54. The van der Waals surface area contributed by atoms with E-state index in [9.17, 15) is 12.8 Å². The SMILES string of the molecule is O=S(=O)(CCC1CCCO1)NCCc1ccccc1F. The van der Waals surface area contributed by atoms with Gasteiger partial charge in [-0.05, 0) is 37.3 Å². The summed E-state index contributed by atoms with van der Waals surface area (Å²) in [5.74, 6) is -0.236. The van der Waals surface area contributed by atoms with Crippen LogP contribution < -0.4 is 4.72 Å². The Hall–Kier alpha value is -0.980. The molecular weight excluding hydrogens is 281 g/mol. The van der Waals surface area contributed by atoms with Crippen molar-refractivity contribution in [2.75, 3.05) is 18.9 Å². The van der Waals surface area contributed by atoms with Gasteiger partial charge in [0.25, 0.3) is 0 Å². The van der Waals surface area contributed by atoms with E-state index in [2.05, 4.69) is 4.72 Å². The fourth-order valence-electron chi connectivity index (χ4n) is 2.27. The molecule has 0 aromatic heterocycles. The third kappa shape index (κ3) is 4.85. The molecule has 1 aromatic rings. The van der Waals surface area contributed by atoms with Crippen molar-refractivity contribution in [1.29, 1.82) is 0 Å². The number of nitrogens with one attached hydrogen (secondary N) is 1. The highest BCUT2D eigenvalue weighted by Gasteiger charge is 2.19. The van der Waals surface area contributed by atoms with Crippen molar-refractivity contribution in [3.8, 4) is 0 Å². The van der Waals surface area contributed by atoms with Gasteiger partial charge in [0.1, 0.15) is 5.82 Å². The molecule has 0 radical (unpaired) electrons. The maximum absolute atomic E-state index is 13.4. The summed E-state index contributed by atoms with van der Waals surface area (Å²) < 4.78 is 44.9. The Labute approximate surface area is 119 Å². The van der Waals surface area contributed by atoms with E-state index in [-0.39, 0.29) is 24.2 Å². The number of benzene rings is 1. The van der Waals surface area contributed by atoms with Gasteiger partial charge in [-0.25, -0.2) is 17.5 Å². The average Bonchev–Trinajstić information content (AvgIpc) is 2.92. The molecule has 112 valence electrons. The standard InChI is InChI=1S/C14H20FNO3S/c15-14-6-2-1-4-12(14)7-9-16-20(17,18)11-8-13-5-3-10-19-13/h1-2,4,6,13,16H,3,5,7-11H2. The lowest BCUT2D eigenvalue weighted by Crippen LogP contribution is -2.30. The summed E-state index contributed by atoms with van der Waals surface area (Å²) in [6.45, 7) is 0.945. The molecule has 1 aliphatic rings. The predicted molar refractivity (Wildman–Crippen MR) is 75.5 cm³/mol. The maximum atomic E-state index is 13.4. The van der Waals surface area contributed by atoms with E-state index in [0.29, 0.717) is 18.4 Å². The van der Waals surface area contributed by atoms with Crippen LogP contribution in [0.1, 0.15) is 24.8 Å². The second kappa shape index (κ2) is 7.15. The minimum atomic E-state index is -3.30. The first-order valence-electron chi connectivity index (χ1n) is 6.89. The van der Waals surface area contributed by atoms with Crippen LogP contribution >= 0.6 is 0 Å². The van der Waals surface area contributed by atoms with Crippen molar-refractivity contribution in [2.45, 2.75) is 31.8 Å². The van der Waals surface area contributed by atoms with Gasteiger partial charge in [-0.1, -0.05) is 18.2 Å². The molecule has 0 bridgehead atoms. The van der Waals surface area contributed by atoms with E-state index >= 15 is 0 Å². The van der Waals surface area contributed by atoms with Gasteiger partial charge in [0.15, 0.2) is 0 Å². The number of rotatable bonds is 7. The number of ether oxygens (including phenoxy) is 1. The van der Waals surface area contributed by atoms with Gasteiger partial charge in [-0.3, -0.25) is 0 Å². The minimum Gasteiger partial charge on any atom is -0.378 e. The normalized spacial score (nSPS) is 19.4. The van der Waals surface area contributed by atoms with Crippen LogP contribution in [-0.4, -0.2) is 33.4 Å². The lowest BCUT2D eigenvalue weighted by atomic mass is 10.1. The zero-order chi connectivity index (χ0) is 14.4. The van der Waals surface area contributed by atoms with Gasteiger partial charge in [-0.2, -0.15) is 0 Å². The van der Waals surface area contributed by atoms with Gasteiger partial charge < -0.3 is 4.74 Å². The minimum absolute atomic E-state index is 0.0644. The number of hydrogen-bond acceptors (Lipinski definition) is 3.